The number of rotatable bonds is 1. The van der Waals surface area contributed by atoms with Crippen LogP contribution in [0.15, 0.2) is 4.36 Å². The van der Waals surface area contributed by atoms with Crippen LogP contribution >= 0.6 is 0 Å². The van der Waals surface area contributed by atoms with Gasteiger partial charge in [0.25, 0.3) is 0 Å². The minimum Gasteiger partial charge on any atom is -0.305 e. The van der Waals surface area contributed by atoms with Crippen LogP contribution in [0.5, 0.6) is 0 Å². The topological polar surface area (TPSA) is 24.4 Å². The van der Waals surface area contributed by atoms with Crippen LogP contribution in [0.2, 0.25) is 0 Å². The minimum atomic E-state index is 0.318. The van der Waals surface area contributed by atoms with Crippen LogP contribution in [0.3, 0.4) is 0 Å². The fourth-order valence-electron chi connectivity index (χ4n) is 0.780. The van der Waals surface area contributed by atoms with E-state index in [4.69, 9.17) is 0 Å². The minimum absolute atomic E-state index is 0.318. The van der Waals surface area contributed by atoms with Gasteiger partial charge in [-0.25, -0.2) is 0 Å². The molecule has 1 rings (SSSR count). The second-order valence-electron chi connectivity index (χ2n) is 2.45. The van der Waals surface area contributed by atoms with Gasteiger partial charge in [-0.3, -0.25) is 4.36 Å². The van der Waals surface area contributed by atoms with Crippen molar-refractivity contribution in [2.45, 2.75) is 19.1 Å². The van der Waals surface area contributed by atoms with Gasteiger partial charge in [-0.15, -0.1) is 0 Å². The van der Waals surface area contributed by atoms with Gasteiger partial charge >= 0.3 is 0 Å². The van der Waals surface area contributed by atoms with Crippen molar-refractivity contribution in [1.82, 2.24) is 5.32 Å². The third kappa shape index (κ3) is 2.06. The van der Waals surface area contributed by atoms with Crippen molar-refractivity contribution in [2.24, 2.45) is 4.36 Å². The van der Waals surface area contributed by atoms with E-state index in [0.29, 0.717) is 10.7 Å². The predicted octanol–water partition coefficient (Wildman–Crippen LogP) is 0.757. The van der Waals surface area contributed by atoms with Crippen molar-refractivity contribution < 1.29 is 0 Å². The van der Waals surface area contributed by atoms with Crippen molar-refractivity contribution in [3.63, 3.8) is 0 Å². The largest absolute Gasteiger partial charge is 0.305 e. The molecule has 1 aliphatic heterocycles. The molecule has 1 aliphatic rings. The van der Waals surface area contributed by atoms with Crippen LogP contribution in [-0.4, -0.2) is 24.2 Å². The Kier molecular flexibility index (Phi) is 2.66. The normalized spacial score (nSPS) is 28.1. The monoisotopic (exact) mass is 146 g/mol. The van der Waals surface area contributed by atoms with E-state index in [1.807, 2.05) is 0 Å². The van der Waals surface area contributed by atoms with Crippen molar-refractivity contribution in [1.29, 1.82) is 0 Å². The maximum Gasteiger partial charge on any atom is 0.0584 e. The van der Waals surface area contributed by atoms with Crippen molar-refractivity contribution in [3.05, 3.63) is 0 Å². The van der Waals surface area contributed by atoms with Gasteiger partial charge in [-0.2, -0.15) is 0 Å². The molecule has 54 valence electrons. The molecular formula is C6H14N2S. The molecule has 0 aromatic carbocycles. The highest BCUT2D eigenvalue weighted by molar-refractivity contribution is 7.87. The average molecular weight is 146 g/mol. The molecule has 1 atom stereocenters. The fraction of sp³-hybridized carbons (Fsp3) is 1.00. The number of hydrogen-bond acceptors (Lipinski definition) is 2. The Balaban J connectivity index is 2.46. The third-order valence-electron chi connectivity index (χ3n) is 1.34. The summed E-state index contributed by atoms with van der Waals surface area (Å²) in [6.07, 6.45) is 0. The summed E-state index contributed by atoms with van der Waals surface area (Å²) in [4.78, 5) is 0. The van der Waals surface area contributed by atoms with Crippen molar-refractivity contribution >= 4 is 10.7 Å². The van der Waals surface area contributed by atoms with Crippen LogP contribution in [0.1, 0.15) is 13.8 Å². The summed E-state index contributed by atoms with van der Waals surface area (Å²) >= 11 is 0. The molecule has 2 nitrogen and oxygen atoms in total. The Hall–Kier alpha value is 0.110. The summed E-state index contributed by atoms with van der Waals surface area (Å²) in [5, 5.41) is 4.07. The Bertz CT molecular complexity index is 120. The summed E-state index contributed by atoms with van der Waals surface area (Å²) in [7, 11) is 0.318. The van der Waals surface area contributed by atoms with E-state index in [2.05, 4.69) is 23.5 Å². The molecule has 0 aromatic rings. The molecule has 0 aromatic heterocycles. The summed E-state index contributed by atoms with van der Waals surface area (Å²) in [6, 6.07) is 0. The molecule has 0 spiro atoms. The maximum atomic E-state index is 4.49. The van der Waals surface area contributed by atoms with Gasteiger partial charge in [-0.05, 0) is 0 Å². The zero-order chi connectivity index (χ0) is 6.69. The van der Waals surface area contributed by atoms with E-state index in [0.717, 1.165) is 24.2 Å². The molecule has 1 heterocycles. The summed E-state index contributed by atoms with van der Waals surface area (Å²) in [5.41, 5.74) is 0. The van der Waals surface area contributed by atoms with Gasteiger partial charge in [0, 0.05) is 11.8 Å². The highest BCUT2D eigenvalue weighted by Gasteiger charge is 2.04. The van der Waals surface area contributed by atoms with E-state index in [1.165, 1.54) is 0 Å². The molecule has 9 heavy (non-hydrogen) atoms. The van der Waals surface area contributed by atoms with Crippen LogP contribution < -0.4 is 5.32 Å². The van der Waals surface area contributed by atoms with Gasteiger partial charge in [0.05, 0.1) is 12.4 Å². The lowest BCUT2D eigenvalue weighted by molar-refractivity contribution is 0.762. The number of hydrogen-bond donors (Lipinski definition) is 1. The lowest BCUT2D eigenvalue weighted by Crippen LogP contribution is -2.30. The van der Waals surface area contributed by atoms with Crippen LogP contribution in [0, 0.1) is 0 Å². The first kappa shape index (κ1) is 7.22. The lowest BCUT2D eigenvalue weighted by Gasteiger charge is -2.16. The molecule has 3 heteroatoms. The van der Waals surface area contributed by atoms with Crippen LogP contribution in [0.25, 0.3) is 0 Å². The van der Waals surface area contributed by atoms with Crippen LogP contribution in [-0.2, 0) is 10.7 Å². The zero-order valence-electron chi connectivity index (χ0n) is 6.05. The van der Waals surface area contributed by atoms with E-state index in [1.54, 1.807) is 0 Å². The number of nitrogens with one attached hydrogen (secondary N) is 1. The fourth-order valence-corrected chi connectivity index (χ4v) is 2.18. The Morgan fingerprint density at radius 2 is 2.33 bits per heavy atom. The number of nitrogens with zero attached hydrogens (tertiary/aromatic N) is 1. The van der Waals surface area contributed by atoms with Gasteiger partial charge in [0.2, 0.25) is 0 Å². The quantitative estimate of drug-likeness (QED) is 0.580. The first-order valence-electron chi connectivity index (χ1n) is 3.38. The molecule has 0 saturated heterocycles. The highest BCUT2D eigenvalue weighted by atomic mass is 32.2. The Morgan fingerprint density at radius 1 is 1.56 bits per heavy atom. The molecule has 1 N–H and O–H groups in total. The maximum absolute atomic E-state index is 4.49. The van der Waals surface area contributed by atoms with Gasteiger partial charge < -0.3 is 5.32 Å². The third-order valence-corrected chi connectivity index (χ3v) is 3.44. The molecule has 0 aliphatic carbocycles. The van der Waals surface area contributed by atoms with Gasteiger partial charge in [0.1, 0.15) is 0 Å². The Labute approximate surface area is 59.1 Å². The highest BCUT2D eigenvalue weighted by Crippen LogP contribution is 1.99. The summed E-state index contributed by atoms with van der Waals surface area (Å²) in [5.74, 6) is 1.11. The van der Waals surface area contributed by atoms with E-state index < -0.39 is 0 Å². The van der Waals surface area contributed by atoms with Gasteiger partial charge in [-0.1, -0.05) is 24.5 Å². The second kappa shape index (κ2) is 3.32. The summed E-state index contributed by atoms with van der Waals surface area (Å²) in [6.45, 7) is 6.57. The standard InChI is InChI=1S/C6H14N2S/c1-6(2)9-5-7-3-4-8-9/h6-7H,3-5H2,1-2H3. The van der Waals surface area contributed by atoms with E-state index >= 15 is 0 Å². The van der Waals surface area contributed by atoms with Gasteiger partial charge in [0.15, 0.2) is 0 Å². The van der Waals surface area contributed by atoms with E-state index in [-0.39, 0.29) is 0 Å². The SMILES string of the molecule is CC(C)S1=NCCNC1. The predicted molar refractivity (Wildman–Crippen MR) is 42.7 cm³/mol. The first-order chi connectivity index (χ1) is 4.30. The molecule has 0 radical (unpaired) electrons. The van der Waals surface area contributed by atoms with Crippen molar-refractivity contribution in [3.8, 4) is 0 Å². The molecule has 0 fully saturated rings. The average Bonchev–Trinajstić information content (AvgIpc) is 1.90. The molecule has 0 saturated carbocycles. The molecular weight excluding hydrogens is 132 g/mol. The molecule has 1 unspecified atom stereocenters. The summed E-state index contributed by atoms with van der Waals surface area (Å²) < 4.78 is 4.49. The molecule has 0 bridgehead atoms. The van der Waals surface area contributed by atoms with Crippen LogP contribution in [0.4, 0.5) is 0 Å². The second-order valence-corrected chi connectivity index (χ2v) is 4.74. The Morgan fingerprint density at radius 3 is 2.67 bits per heavy atom. The van der Waals surface area contributed by atoms with E-state index in [9.17, 15) is 0 Å². The van der Waals surface area contributed by atoms with Crippen molar-refractivity contribution in [2.75, 3.05) is 19.0 Å². The lowest BCUT2D eigenvalue weighted by atomic mass is 10.6. The smallest absolute Gasteiger partial charge is 0.0584 e. The zero-order valence-corrected chi connectivity index (χ0v) is 6.87. The first-order valence-corrected chi connectivity index (χ1v) is 4.80. The molecule has 0 amide bonds.